The summed E-state index contributed by atoms with van der Waals surface area (Å²) in [6, 6.07) is 0. The molecule has 0 bridgehead atoms. The van der Waals surface area contributed by atoms with E-state index in [2.05, 4.69) is 26.5 Å². The van der Waals surface area contributed by atoms with Crippen LogP contribution in [0.1, 0.15) is 0 Å². The summed E-state index contributed by atoms with van der Waals surface area (Å²) in [5, 5.41) is 3.13. The molecule has 0 saturated carbocycles. The zero-order chi connectivity index (χ0) is 7.78. The molecule has 55 valence electrons. The van der Waals surface area contributed by atoms with Gasteiger partial charge in [-0.05, 0) is 15.9 Å². The highest BCUT2D eigenvalue weighted by molar-refractivity contribution is 9.18. The Kier molecular flexibility index (Phi) is 1.72. The molecular formula is C4HBrF3N2. The maximum Gasteiger partial charge on any atom is 0.435 e. The quantitative estimate of drug-likeness (QED) is 0.587. The van der Waals surface area contributed by atoms with Gasteiger partial charge in [-0.25, -0.2) is 0 Å². The van der Waals surface area contributed by atoms with Gasteiger partial charge in [0.05, 0.1) is 0 Å². The molecule has 1 aliphatic rings. The minimum Gasteiger partial charge on any atom is -0.164 e. The molecular weight excluding hydrogens is 213 g/mol. The van der Waals surface area contributed by atoms with Gasteiger partial charge >= 0.3 is 6.18 Å². The Morgan fingerprint density at radius 2 is 2.00 bits per heavy atom. The van der Waals surface area contributed by atoms with Crippen molar-refractivity contribution >= 4 is 20.6 Å². The van der Waals surface area contributed by atoms with E-state index in [0.29, 0.717) is 0 Å². The Bertz CT molecular complexity index is 205. The number of hydrogen-bond acceptors (Lipinski definition) is 1. The molecule has 0 amide bonds. The van der Waals surface area contributed by atoms with Crippen LogP contribution in [-0.2, 0) is 0 Å². The topological polar surface area (TPSA) is 26.5 Å². The van der Waals surface area contributed by atoms with Gasteiger partial charge in [0.25, 0.3) is 0 Å². The van der Waals surface area contributed by atoms with E-state index in [0.717, 1.165) is 6.08 Å². The van der Waals surface area contributed by atoms with Crippen molar-refractivity contribution in [2.24, 2.45) is 5.10 Å². The van der Waals surface area contributed by atoms with Gasteiger partial charge in [0, 0.05) is 6.08 Å². The van der Waals surface area contributed by atoms with Gasteiger partial charge < -0.3 is 0 Å². The van der Waals surface area contributed by atoms with Crippen molar-refractivity contribution in [1.82, 2.24) is 5.43 Å². The number of alkyl halides is 3. The normalized spacial score (nSPS) is 18.0. The first-order valence-corrected chi connectivity index (χ1v) is 3.02. The summed E-state index contributed by atoms with van der Waals surface area (Å²) < 4.78 is 35.1. The second kappa shape index (κ2) is 2.26. The Morgan fingerprint density at radius 1 is 1.40 bits per heavy atom. The third-order valence-electron chi connectivity index (χ3n) is 0.800. The minimum atomic E-state index is -4.39. The van der Waals surface area contributed by atoms with E-state index in [-0.39, 0.29) is 4.62 Å². The highest BCUT2D eigenvalue weighted by atomic mass is 79.9. The molecule has 0 atom stereocenters. The van der Waals surface area contributed by atoms with E-state index in [9.17, 15) is 13.2 Å². The molecule has 0 spiro atoms. The zero-order valence-electron chi connectivity index (χ0n) is 4.48. The zero-order valence-corrected chi connectivity index (χ0v) is 6.07. The fourth-order valence-electron chi connectivity index (χ4n) is 0.411. The average Bonchev–Trinajstić information content (AvgIpc) is 2.11. The molecule has 0 unspecified atom stereocenters. The molecule has 0 aromatic rings. The molecule has 0 N–H and O–H groups in total. The van der Waals surface area contributed by atoms with E-state index < -0.39 is 11.9 Å². The number of allylic oxidation sites excluding steroid dienone is 2. The SMILES string of the molecule is FC(F)(F)C1=CC(Br)=N[N]1. The molecule has 1 heterocycles. The van der Waals surface area contributed by atoms with E-state index >= 15 is 0 Å². The largest absolute Gasteiger partial charge is 0.435 e. The predicted octanol–water partition coefficient (Wildman–Crippen LogP) is 1.76. The van der Waals surface area contributed by atoms with Crippen LogP contribution in [-0.4, -0.2) is 10.8 Å². The van der Waals surface area contributed by atoms with Crippen molar-refractivity contribution in [1.29, 1.82) is 0 Å². The first-order valence-electron chi connectivity index (χ1n) is 2.23. The summed E-state index contributed by atoms with van der Waals surface area (Å²) in [6.45, 7) is 0. The molecule has 1 rings (SSSR count). The van der Waals surface area contributed by atoms with E-state index in [4.69, 9.17) is 0 Å². The van der Waals surface area contributed by atoms with Crippen LogP contribution in [0.15, 0.2) is 16.9 Å². The summed E-state index contributed by atoms with van der Waals surface area (Å²) in [4.78, 5) is 0. The van der Waals surface area contributed by atoms with Crippen LogP contribution in [0.3, 0.4) is 0 Å². The van der Waals surface area contributed by atoms with Gasteiger partial charge in [0.2, 0.25) is 0 Å². The molecule has 0 aromatic carbocycles. The lowest BCUT2D eigenvalue weighted by Crippen LogP contribution is -2.15. The van der Waals surface area contributed by atoms with Crippen molar-refractivity contribution in [2.75, 3.05) is 0 Å². The fraction of sp³-hybridized carbons (Fsp3) is 0.250. The lowest BCUT2D eigenvalue weighted by Gasteiger charge is -2.02. The summed E-state index contributed by atoms with van der Waals surface area (Å²) in [7, 11) is 0. The summed E-state index contributed by atoms with van der Waals surface area (Å²) in [6.07, 6.45) is -3.57. The average molecular weight is 214 g/mol. The fourth-order valence-corrected chi connectivity index (χ4v) is 0.707. The first-order chi connectivity index (χ1) is 4.50. The maximum absolute atomic E-state index is 11.7. The minimum absolute atomic E-state index is 0.0971. The number of nitrogens with zero attached hydrogens (tertiary/aromatic N) is 2. The lowest BCUT2D eigenvalue weighted by molar-refractivity contribution is -0.0964. The lowest BCUT2D eigenvalue weighted by atomic mass is 10.4. The Balaban J connectivity index is 2.73. The summed E-state index contributed by atoms with van der Waals surface area (Å²) in [5.41, 5.74) is 1.89. The molecule has 10 heavy (non-hydrogen) atoms. The molecule has 1 radical (unpaired) electrons. The Hall–Kier alpha value is -0.520. The van der Waals surface area contributed by atoms with Crippen LogP contribution in [0.5, 0.6) is 0 Å². The van der Waals surface area contributed by atoms with Crippen LogP contribution >= 0.6 is 15.9 Å². The van der Waals surface area contributed by atoms with Crippen molar-refractivity contribution in [3.05, 3.63) is 11.8 Å². The van der Waals surface area contributed by atoms with Crippen molar-refractivity contribution in [2.45, 2.75) is 6.18 Å². The van der Waals surface area contributed by atoms with Crippen LogP contribution in [0.2, 0.25) is 0 Å². The van der Waals surface area contributed by atoms with Crippen molar-refractivity contribution in [3.63, 3.8) is 0 Å². The molecule has 2 nitrogen and oxygen atoms in total. The van der Waals surface area contributed by atoms with E-state index in [1.54, 1.807) is 0 Å². The maximum atomic E-state index is 11.7. The molecule has 1 aliphatic heterocycles. The second-order valence-electron chi connectivity index (χ2n) is 1.55. The highest BCUT2D eigenvalue weighted by Crippen LogP contribution is 2.26. The molecule has 0 saturated heterocycles. The summed E-state index contributed by atoms with van der Waals surface area (Å²) >= 11 is 2.75. The van der Waals surface area contributed by atoms with Crippen LogP contribution < -0.4 is 5.43 Å². The monoisotopic (exact) mass is 213 g/mol. The van der Waals surface area contributed by atoms with Crippen LogP contribution in [0.4, 0.5) is 13.2 Å². The standard InChI is InChI=1S/C4HBrF3N2/c5-3-1-2(9-10-3)4(6,7)8/h1H. The number of halogens is 4. The van der Waals surface area contributed by atoms with Gasteiger partial charge in [-0.3, -0.25) is 0 Å². The summed E-state index contributed by atoms with van der Waals surface area (Å²) in [5.74, 6) is 0. The number of rotatable bonds is 0. The van der Waals surface area contributed by atoms with Crippen LogP contribution in [0.25, 0.3) is 0 Å². The van der Waals surface area contributed by atoms with E-state index in [1.807, 2.05) is 0 Å². The van der Waals surface area contributed by atoms with Crippen LogP contribution in [0, 0.1) is 0 Å². The number of hydrogen-bond donors (Lipinski definition) is 0. The highest BCUT2D eigenvalue weighted by Gasteiger charge is 2.37. The van der Waals surface area contributed by atoms with Gasteiger partial charge in [-0.2, -0.15) is 13.2 Å². The van der Waals surface area contributed by atoms with Crippen molar-refractivity contribution in [3.8, 4) is 0 Å². The predicted molar refractivity (Wildman–Crippen MR) is 32.6 cm³/mol. The third kappa shape index (κ3) is 1.50. The molecule has 0 fully saturated rings. The first kappa shape index (κ1) is 7.59. The van der Waals surface area contributed by atoms with Gasteiger partial charge in [0.15, 0.2) is 5.70 Å². The van der Waals surface area contributed by atoms with Gasteiger partial charge in [-0.15, -0.1) is 10.5 Å². The van der Waals surface area contributed by atoms with Gasteiger partial charge in [-0.1, -0.05) is 0 Å². The third-order valence-corrected chi connectivity index (χ3v) is 1.19. The van der Waals surface area contributed by atoms with E-state index in [1.165, 1.54) is 0 Å². The Labute approximate surface area is 62.9 Å². The Morgan fingerprint density at radius 3 is 2.20 bits per heavy atom. The molecule has 0 aromatic heterocycles. The molecule has 6 heteroatoms. The van der Waals surface area contributed by atoms with Gasteiger partial charge in [0.1, 0.15) is 4.62 Å². The smallest absolute Gasteiger partial charge is 0.164 e. The van der Waals surface area contributed by atoms with Crippen molar-refractivity contribution < 1.29 is 13.2 Å². The molecule has 0 aliphatic carbocycles. The second-order valence-corrected chi connectivity index (χ2v) is 2.36.